The van der Waals surface area contributed by atoms with Gasteiger partial charge in [-0.2, -0.15) is 0 Å². The highest BCUT2D eigenvalue weighted by molar-refractivity contribution is 9.08. The summed E-state index contributed by atoms with van der Waals surface area (Å²) in [7, 11) is 1.99. The van der Waals surface area contributed by atoms with E-state index in [1.54, 1.807) is 6.07 Å². The lowest BCUT2D eigenvalue weighted by Gasteiger charge is -2.08. The molecule has 0 bridgehead atoms. The first kappa shape index (κ1) is 16.9. The van der Waals surface area contributed by atoms with E-state index in [4.69, 9.17) is 4.52 Å². The Hall–Kier alpha value is -1.18. The third-order valence-electron chi connectivity index (χ3n) is 2.67. The Morgan fingerprint density at radius 1 is 1.10 bits per heavy atom. The lowest BCUT2D eigenvalue weighted by molar-refractivity contribution is 0.0766. The lowest BCUT2D eigenvalue weighted by atomic mass is 9.99. The second-order valence-corrected chi connectivity index (χ2v) is 4.58. The first-order chi connectivity index (χ1) is 9.76. The largest absolute Gasteiger partial charge is 0.448 e. The van der Waals surface area contributed by atoms with Gasteiger partial charge in [0.05, 0.1) is 15.0 Å². The van der Waals surface area contributed by atoms with Crippen LogP contribution >= 0.6 is 25.4 Å². The number of hydrogen-bond acceptors (Lipinski definition) is 2. The lowest BCUT2D eigenvalue weighted by Crippen LogP contribution is -2.00. The van der Waals surface area contributed by atoms with Crippen molar-refractivity contribution in [3.8, 4) is 11.1 Å². The maximum Gasteiger partial charge on any atom is 0.340 e. The Labute approximate surface area is 131 Å². The molecule has 106 valence electrons. The highest BCUT2D eigenvalue weighted by Crippen LogP contribution is 2.25. The summed E-state index contributed by atoms with van der Waals surface area (Å²) in [4.78, 5) is 11.7. The molecule has 2 rings (SSSR count). The van der Waals surface area contributed by atoms with Crippen molar-refractivity contribution >= 4 is 31.4 Å². The SMILES string of the molecule is CC.O=C(OP)c1ccccc1-c1ccc(CBr)cc1. The fraction of sp³-hybridized carbons (Fsp3) is 0.188. The van der Waals surface area contributed by atoms with Crippen LogP contribution in [0.3, 0.4) is 0 Å². The van der Waals surface area contributed by atoms with Gasteiger partial charge in [0, 0.05) is 5.33 Å². The number of carbonyl (C=O) groups excluding carboxylic acids is 1. The molecule has 2 aromatic rings. The third kappa shape index (κ3) is 4.16. The average Bonchev–Trinajstić information content (AvgIpc) is 2.56. The smallest absolute Gasteiger partial charge is 0.340 e. The van der Waals surface area contributed by atoms with Crippen LogP contribution in [0.25, 0.3) is 11.1 Å². The van der Waals surface area contributed by atoms with Crippen LogP contribution in [0.15, 0.2) is 48.5 Å². The summed E-state index contributed by atoms with van der Waals surface area (Å²) in [5.74, 6) is -0.347. The highest BCUT2D eigenvalue weighted by atomic mass is 79.9. The van der Waals surface area contributed by atoms with Crippen LogP contribution in [0, 0.1) is 0 Å². The molecule has 0 aromatic heterocycles. The Balaban J connectivity index is 0.000000956. The Bertz CT molecular complexity index is 553. The maximum atomic E-state index is 11.7. The molecule has 0 aliphatic carbocycles. The monoisotopic (exact) mass is 352 g/mol. The zero-order valence-electron chi connectivity index (χ0n) is 11.6. The van der Waals surface area contributed by atoms with Gasteiger partial charge in [0.15, 0.2) is 0 Å². The molecule has 0 aliphatic heterocycles. The van der Waals surface area contributed by atoms with Crippen LogP contribution in [-0.4, -0.2) is 5.97 Å². The summed E-state index contributed by atoms with van der Waals surface area (Å²) in [6, 6.07) is 15.5. The van der Waals surface area contributed by atoms with Crippen LogP contribution < -0.4 is 0 Å². The van der Waals surface area contributed by atoms with Gasteiger partial charge < -0.3 is 4.52 Å². The van der Waals surface area contributed by atoms with E-state index in [2.05, 4.69) is 15.9 Å². The zero-order valence-corrected chi connectivity index (χ0v) is 14.3. The molecule has 2 aromatic carbocycles. The Morgan fingerprint density at radius 3 is 2.25 bits per heavy atom. The van der Waals surface area contributed by atoms with E-state index in [0.29, 0.717) is 5.56 Å². The van der Waals surface area contributed by atoms with Gasteiger partial charge >= 0.3 is 5.97 Å². The molecule has 0 saturated heterocycles. The number of carbonyl (C=O) groups is 1. The molecular weight excluding hydrogens is 335 g/mol. The van der Waals surface area contributed by atoms with Crippen molar-refractivity contribution in [1.82, 2.24) is 0 Å². The predicted molar refractivity (Wildman–Crippen MR) is 91.0 cm³/mol. The molecule has 0 saturated carbocycles. The van der Waals surface area contributed by atoms with Crippen LogP contribution in [-0.2, 0) is 9.85 Å². The highest BCUT2D eigenvalue weighted by Gasteiger charge is 2.12. The van der Waals surface area contributed by atoms with E-state index in [9.17, 15) is 4.79 Å². The van der Waals surface area contributed by atoms with Crippen molar-refractivity contribution in [3.63, 3.8) is 0 Å². The summed E-state index contributed by atoms with van der Waals surface area (Å²) in [6.07, 6.45) is 0. The van der Waals surface area contributed by atoms with Gasteiger partial charge in [-0.15, -0.1) is 0 Å². The summed E-state index contributed by atoms with van der Waals surface area (Å²) < 4.78 is 4.71. The normalized spacial score (nSPS) is 9.40. The first-order valence-corrected chi connectivity index (χ1v) is 8.01. The van der Waals surface area contributed by atoms with E-state index >= 15 is 0 Å². The fourth-order valence-corrected chi connectivity index (χ4v) is 2.25. The standard InChI is InChI=1S/C14H12BrO2P.C2H6/c15-9-10-5-7-11(8-6-10)12-3-1-2-4-13(12)14(16)17-18;1-2/h1-8H,9,18H2;1-2H3. The van der Waals surface area contributed by atoms with Crippen molar-refractivity contribution in [3.05, 3.63) is 59.7 Å². The van der Waals surface area contributed by atoms with Gasteiger partial charge in [-0.3, -0.25) is 0 Å². The van der Waals surface area contributed by atoms with Crippen molar-refractivity contribution in [1.29, 1.82) is 0 Å². The number of hydrogen-bond donors (Lipinski definition) is 0. The molecule has 1 atom stereocenters. The zero-order chi connectivity index (χ0) is 15.0. The van der Waals surface area contributed by atoms with Gasteiger partial charge in [-0.1, -0.05) is 72.2 Å². The molecule has 20 heavy (non-hydrogen) atoms. The molecular formula is C16H18BrO2P. The minimum absolute atomic E-state index is 0.347. The molecule has 0 heterocycles. The molecule has 0 amide bonds. The number of benzene rings is 2. The first-order valence-electron chi connectivity index (χ1n) is 6.41. The van der Waals surface area contributed by atoms with E-state index < -0.39 is 0 Å². The van der Waals surface area contributed by atoms with Gasteiger partial charge in [0.1, 0.15) is 0 Å². The van der Waals surface area contributed by atoms with Crippen LogP contribution in [0.2, 0.25) is 0 Å². The van der Waals surface area contributed by atoms with Gasteiger partial charge in [0.2, 0.25) is 0 Å². The van der Waals surface area contributed by atoms with Gasteiger partial charge in [0.25, 0.3) is 0 Å². The summed E-state index contributed by atoms with van der Waals surface area (Å²) in [5, 5.41) is 0.822. The number of alkyl halides is 1. The third-order valence-corrected chi connectivity index (χ3v) is 3.53. The van der Waals surface area contributed by atoms with E-state index in [1.165, 1.54) is 5.56 Å². The van der Waals surface area contributed by atoms with Crippen molar-refractivity contribution < 1.29 is 9.32 Å². The second kappa shape index (κ2) is 8.89. The summed E-state index contributed by atoms with van der Waals surface area (Å²) >= 11 is 3.41. The van der Waals surface area contributed by atoms with Crippen molar-refractivity contribution in [2.75, 3.05) is 0 Å². The van der Waals surface area contributed by atoms with E-state index in [0.717, 1.165) is 16.5 Å². The molecule has 0 N–H and O–H groups in total. The van der Waals surface area contributed by atoms with Crippen molar-refractivity contribution in [2.24, 2.45) is 0 Å². The minimum atomic E-state index is -0.347. The topological polar surface area (TPSA) is 26.3 Å². The number of rotatable bonds is 3. The minimum Gasteiger partial charge on any atom is -0.448 e. The van der Waals surface area contributed by atoms with Gasteiger partial charge in [-0.25, -0.2) is 4.79 Å². The molecule has 2 nitrogen and oxygen atoms in total. The van der Waals surface area contributed by atoms with Crippen LogP contribution in [0.1, 0.15) is 29.8 Å². The van der Waals surface area contributed by atoms with E-state index in [-0.39, 0.29) is 5.97 Å². The Kier molecular flexibility index (Phi) is 7.50. The predicted octanol–water partition coefficient (Wildman–Crippen LogP) is 5.22. The molecule has 4 heteroatoms. The molecule has 0 radical (unpaired) electrons. The fourth-order valence-electron chi connectivity index (χ4n) is 1.75. The number of halogens is 1. The Morgan fingerprint density at radius 2 is 1.70 bits per heavy atom. The van der Waals surface area contributed by atoms with Crippen LogP contribution in [0.4, 0.5) is 0 Å². The van der Waals surface area contributed by atoms with Crippen molar-refractivity contribution in [2.45, 2.75) is 19.2 Å². The second-order valence-electron chi connectivity index (χ2n) is 3.78. The molecule has 0 spiro atoms. The summed E-state index contributed by atoms with van der Waals surface area (Å²) in [6.45, 7) is 4.00. The van der Waals surface area contributed by atoms with Gasteiger partial charge in [-0.05, 0) is 22.8 Å². The maximum absolute atomic E-state index is 11.7. The van der Waals surface area contributed by atoms with E-state index in [1.807, 2.05) is 65.8 Å². The average molecular weight is 353 g/mol. The summed E-state index contributed by atoms with van der Waals surface area (Å²) in [5.41, 5.74) is 3.65. The van der Waals surface area contributed by atoms with Crippen LogP contribution in [0.5, 0.6) is 0 Å². The molecule has 0 fully saturated rings. The molecule has 1 unspecified atom stereocenters. The molecule has 0 aliphatic rings. The quantitative estimate of drug-likeness (QED) is 0.559.